The lowest BCUT2D eigenvalue weighted by molar-refractivity contribution is -0.140. The molecule has 3 aromatic carbocycles. The molecular weight excluding hydrogens is 562 g/mol. The number of rotatable bonds is 12. The molecule has 1 aliphatic carbocycles. The molecule has 4 rings (SSSR count). The second-order valence-corrected chi connectivity index (χ2v) is 13.2. The normalized spacial score (nSPS) is 14.5. The lowest BCUT2D eigenvalue weighted by Crippen LogP contribution is -2.54. The number of methoxy groups -OCH3 is 1. The molecule has 8 nitrogen and oxygen atoms in total. The van der Waals surface area contributed by atoms with Gasteiger partial charge in [-0.2, -0.15) is 0 Å². The first kappa shape index (κ1) is 32.1. The van der Waals surface area contributed by atoms with Crippen LogP contribution in [0, 0.1) is 13.8 Å². The van der Waals surface area contributed by atoms with Crippen LogP contribution in [0.15, 0.2) is 77.7 Å². The van der Waals surface area contributed by atoms with Crippen LogP contribution in [-0.2, 0) is 26.2 Å². The van der Waals surface area contributed by atoms with Gasteiger partial charge in [-0.15, -0.1) is 0 Å². The van der Waals surface area contributed by atoms with Crippen molar-refractivity contribution in [2.24, 2.45) is 0 Å². The topological polar surface area (TPSA) is 96.0 Å². The molecule has 230 valence electrons. The Morgan fingerprint density at radius 2 is 1.56 bits per heavy atom. The summed E-state index contributed by atoms with van der Waals surface area (Å²) in [5, 5.41) is 3.18. The highest BCUT2D eigenvalue weighted by Crippen LogP contribution is 2.26. The Kier molecular flexibility index (Phi) is 10.9. The van der Waals surface area contributed by atoms with Crippen molar-refractivity contribution in [3.05, 3.63) is 89.5 Å². The Hall–Kier alpha value is -3.85. The second-order valence-electron chi connectivity index (χ2n) is 11.3. The van der Waals surface area contributed by atoms with E-state index in [1.165, 1.54) is 4.90 Å². The minimum absolute atomic E-state index is 0.0787. The van der Waals surface area contributed by atoms with Crippen molar-refractivity contribution in [2.75, 3.05) is 18.0 Å². The number of carbonyl (C=O) groups is 2. The van der Waals surface area contributed by atoms with Crippen molar-refractivity contribution in [1.82, 2.24) is 10.2 Å². The molecule has 0 aromatic heterocycles. The van der Waals surface area contributed by atoms with Gasteiger partial charge in [0.2, 0.25) is 11.8 Å². The van der Waals surface area contributed by atoms with E-state index >= 15 is 0 Å². The summed E-state index contributed by atoms with van der Waals surface area (Å²) in [5.74, 6) is -0.0496. The quantitative estimate of drug-likeness (QED) is 0.283. The Labute approximate surface area is 256 Å². The number of hydrogen-bond donors (Lipinski definition) is 1. The monoisotopic (exact) mass is 605 g/mol. The highest BCUT2D eigenvalue weighted by molar-refractivity contribution is 7.92. The number of amides is 2. The van der Waals surface area contributed by atoms with Gasteiger partial charge in [0, 0.05) is 12.6 Å². The standard InChI is InChI=1S/C34H43N3O5S/c1-5-32(34(39)35-28-11-7-6-8-12-28)36(23-27-10-9-13-30(22-27)42-4)33(38)24-37(29-18-14-25(2)15-19-29)43(40,41)31-20-16-26(3)17-21-31/h9-10,13-22,28,32H,5-8,11-12,23-24H2,1-4H3,(H,35,39)/t32-/m1/s1. The molecule has 0 radical (unpaired) electrons. The van der Waals surface area contributed by atoms with E-state index in [1.54, 1.807) is 43.5 Å². The summed E-state index contributed by atoms with van der Waals surface area (Å²) in [6.07, 6.45) is 5.51. The molecule has 0 bridgehead atoms. The van der Waals surface area contributed by atoms with Crippen molar-refractivity contribution in [2.45, 2.75) is 82.8 Å². The van der Waals surface area contributed by atoms with Crippen LogP contribution in [0.5, 0.6) is 5.75 Å². The molecule has 0 saturated heterocycles. The van der Waals surface area contributed by atoms with Gasteiger partial charge in [-0.1, -0.05) is 73.7 Å². The summed E-state index contributed by atoms with van der Waals surface area (Å²) >= 11 is 0. The molecule has 1 fully saturated rings. The zero-order valence-corrected chi connectivity index (χ0v) is 26.4. The Morgan fingerprint density at radius 3 is 2.16 bits per heavy atom. The third kappa shape index (κ3) is 8.16. The molecule has 1 N–H and O–H groups in total. The fourth-order valence-electron chi connectivity index (χ4n) is 5.51. The van der Waals surface area contributed by atoms with Crippen LogP contribution in [0.1, 0.15) is 62.1 Å². The smallest absolute Gasteiger partial charge is 0.264 e. The molecular formula is C34H43N3O5S. The van der Waals surface area contributed by atoms with Crippen molar-refractivity contribution in [1.29, 1.82) is 0 Å². The number of nitrogens with one attached hydrogen (secondary N) is 1. The van der Waals surface area contributed by atoms with Gasteiger partial charge in [0.1, 0.15) is 18.3 Å². The second kappa shape index (κ2) is 14.6. The predicted molar refractivity (Wildman–Crippen MR) is 170 cm³/mol. The number of sulfonamides is 1. The van der Waals surface area contributed by atoms with Crippen LogP contribution in [0.2, 0.25) is 0 Å². The fourth-order valence-corrected chi connectivity index (χ4v) is 6.92. The first-order chi connectivity index (χ1) is 20.6. The fraction of sp³-hybridized carbons (Fsp3) is 0.412. The summed E-state index contributed by atoms with van der Waals surface area (Å²) in [4.78, 5) is 29.6. The number of anilines is 1. The lowest BCUT2D eigenvalue weighted by Gasteiger charge is -2.34. The number of benzene rings is 3. The summed E-state index contributed by atoms with van der Waals surface area (Å²) in [6.45, 7) is 5.34. The maximum atomic E-state index is 14.3. The van der Waals surface area contributed by atoms with Gasteiger partial charge in [-0.05, 0) is 75.1 Å². The van der Waals surface area contributed by atoms with Gasteiger partial charge in [0.15, 0.2) is 0 Å². The Balaban J connectivity index is 1.71. The van der Waals surface area contributed by atoms with Gasteiger partial charge in [-0.3, -0.25) is 13.9 Å². The van der Waals surface area contributed by atoms with Crippen LogP contribution in [0.3, 0.4) is 0 Å². The molecule has 43 heavy (non-hydrogen) atoms. The first-order valence-corrected chi connectivity index (χ1v) is 16.4. The van der Waals surface area contributed by atoms with E-state index in [2.05, 4.69) is 5.32 Å². The lowest BCUT2D eigenvalue weighted by atomic mass is 9.95. The number of nitrogens with zero attached hydrogens (tertiary/aromatic N) is 2. The third-order valence-electron chi connectivity index (χ3n) is 8.03. The number of ether oxygens (including phenoxy) is 1. The number of carbonyl (C=O) groups excluding carboxylic acids is 2. The number of aryl methyl sites for hydroxylation is 2. The Morgan fingerprint density at radius 1 is 0.930 bits per heavy atom. The highest BCUT2D eigenvalue weighted by Gasteiger charge is 2.34. The van der Waals surface area contributed by atoms with E-state index in [0.29, 0.717) is 17.9 Å². The van der Waals surface area contributed by atoms with E-state index in [0.717, 1.165) is 53.1 Å². The van der Waals surface area contributed by atoms with E-state index < -0.39 is 28.5 Å². The zero-order chi connectivity index (χ0) is 31.0. The molecule has 0 spiro atoms. The zero-order valence-electron chi connectivity index (χ0n) is 25.6. The van der Waals surface area contributed by atoms with Gasteiger partial charge in [-0.25, -0.2) is 8.42 Å². The van der Waals surface area contributed by atoms with Crippen LogP contribution in [0.4, 0.5) is 5.69 Å². The Bertz CT molecular complexity index is 1480. The van der Waals surface area contributed by atoms with Gasteiger partial charge in [0.05, 0.1) is 17.7 Å². The summed E-state index contributed by atoms with van der Waals surface area (Å²) in [7, 11) is -2.53. The number of hydrogen-bond acceptors (Lipinski definition) is 5. The van der Waals surface area contributed by atoms with E-state index in [4.69, 9.17) is 4.74 Å². The van der Waals surface area contributed by atoms with Crippen LogP contribution >= 0.6 is 0 Å². The minimum Gasteiger partial charge on any atom is -0.497 e. The molecule has 0 unspecified atom stereocenters. The third-order valence-corrected chi connectivity index (χ3v) is 9.82. The largest absolute Gasteiger partial charge is 0.497 e. The van der Waals surface area contributed by atoms with Gasteiger partial charge in [0.25, 0.3) is 10.0 Å². The van der Waals surface area contributed by atoms with Crippen molar-refractivity contribution < 1.29 is 22.7 Å². The summed E-state index contributed by atoms with van der Waals surface area (Å²) in [6, 6.07) is 20.3. The van der Waals surface area contributed by atoms with E-state index in [-0.39, 0.29) is 23.4 Å². The van der Waals surface area contributed by atoms with Crippen molar-refractivity contribution in [3.63, 3.8) is 0 Å². The van der Waals surface area contributed by atoms with Crippen LogP contribution in [0.25, 0.3) is 0 Å². The maximum Gasteiger partial charge on any atom is 0.264 e. The van der Waals surface area contributed by atoms with Crippen LogP contribution < -0.4 is 14.4 Å². The molecule has 9 heteroatoms. The van der Waals surface area contributed by atoms with Crippen molar-refractivity contribution >= 4 is 27.5 Å². The molecule has 0 heterocycles. The minimum atomic E-state index is -4.11. The average Bonchev–Trinajstić information content (AvgIpc) is 3.01. The molecule has 1 saturated carbocycles. The first-order valence-electron chi connectivity index (χ1n) is 15.0. The van der Waals surface area contributed by atoms with Crippen molar-refractivity contribution in [3.8, 4) is 5.75 Å². The van der Waals surface area contributed by atoms with E-state index in [1.807, 2.05) is 57.2 Å². The molecule has 0 aliphatic heterocycles. The van der Waals surface area contributed by atoms with Gasteiger partial charge >= 0.3 is 0 Å². The molecule has 2 amide bonds. The molecule has 1 aliphatic rings. The highest BCUT2D eigenvalue weighted by atomic mass is 32.2. The molecule has 3 aromatic rings. The average molecular weight is 606 g/mol. The summed E-state index contributed by atoms with van der Waals surface area (Å²) in [5.41, 5.74) is 3.05. The SMILES string of the molecule is CC[C@H](C(=O)NC1CCCCC1)N(Cc1cccc(OC)c1)C(=O)CN(c1ccc(C)cc1)S(=O)(=O)c1ccc(C)cc1. The maximum absolute atomic E-state index is 14.3. The van der Waals surface area contributed by atoms with Crippen LogP contribution in [-0.4, -0.2) is 50.9 Å². The molecule has 1 atom stereocenters. The van der Waals surface area contributed by atoms with E-state index in [9.17, 15) is 18.0 Å². The predicted octanol–water partition coefficient (Wildman–Crippen LogP) is 5.76. The van der Waals surface area contributed by atoms with Gasteiger partial charge < -0.3 is 15.0 Å². The summed E-state index contributed by atoms with van der Waals surface area (Å²) < 4.78 is 34.6.